The van der Waals surface area contributed by atoms with E-state index in [0.29, 0.717) is 17.0 Å². The predicted octanol–water partition coefficient (Wildman–Crippen LogP) is 4.52. The Morgan fingerprint density at radius 3 is 2.48 bits per heavy atom. The minimum Gasteiger partial charge on any atom is -0.314 e. The molecule has 1 saturated carbocycles. The molecule has 3 rings (SSSR count). The molecule has 1 saturated heterocycles. The van der Waals surface area contributed by atoms with Crippen molar-refractivity contribution >= 4 is 23.2 Å². The first-order valence-electron chi connectivity index (χ1n) is 8.16. The highest BCUT2D eigenvalue weighted by atomic mass is 35.5. The Labute approximate surface area is 137 Å². The van der Waals surface area contributed by atoms with Gasteiger partial charge in [-0.3, -0.25) is 4.90 Å². The monoisotopic (exact) mass is 326 g/mol. The van der Waals surface area contributed by atoms with Crippen LogP contribution in [0.2, 0.25) is 10.0 Å². The van der Waals surface area contributed by atoms with Gasteiger partial charge in [-0.15, -0.1) is 0 Å². The van der Waals surface area contributed by atoms with Crippen molar-refractivity contribution in [1.29, 1.82) is 0 Å². The number of nitrogens with one attached hydrogen (secondary N) is 1. The summed E-state index contributed by atoms with van der Waals surface area (Å²) in [4.78, 5) is 2.62. The minimum absolute atomic E-state index is 0.429. The van der Waals surface area contributed by atoms with Crippen molar-refractivity contribution in [3.63, 3.8) is 0 Å². The summed E-state index contributed by atoms with van der Waals surface area (Å²) in [6.45, 7) is 4.34. The maximum atomic E-state index is 6.55. The quantitative estimate of drug-likeness (QED) is 0.878. The number of benzene rings is 1. The topological polar surface area (TPSA) is 15.3 Å². The zero-order valence-electron chi connectivity index (χ0n) is 12.5. The van der Waals surface area contributed by atoms with Crippen LogP contribution in [-0.2, 0) is 0 Å². The summed E-state index contributed by atoms with van der Waals surface area (Å²) >= 11 is 12.8. The molecule has 1 aromatic carbocycles. The van der Waals surface area contributed by atoms with Crippen LogP contribution in [-0.4, -0.2) is 31.1 Å². The average Bonchev–Trinajstić information content (AvgIpc) is 2.54. The number of nitrogens with zero attached hydrogens (tertiary/aromatic N) is 1. The van der Waals surface area contributed by atoms with E-state index in [1.165, 1.54) is 37.7 Å². The molecule has 1 aliphatic carbocycles. The van der Waals surface area contributed by atoms with Gasteiger partial charge in [0, 0.05) is 32.2 Å². The highest BCUT2D eigenvalue weighted by Crippen LogP contribution is 2.42. The van der Waals surface area contributed by atoms with Gasteiger partial charge in [-0.25, -0.2) is 0 Å². The summed E-state index contributed by atoms with van der Waals surface area (Å²) in [5.41, 5.74) is 1.23. The van der Waals surface area contributed by atoms with Crippen LogP contribution in [0.15, 0.2) is 18.2 Å². The SMILES string of the molecule is Clc1cccc([C@@H](C2CCCCC2)N2CCNCC2)c1Cl. The van der Waals surface area contributed by atoms with E-state index in [-0.39, 0.29) is 0 Å². The van der Waals surface area contributed by atoms with Crippen LogP contribution < -0.4 is 5.32 Å². The summed E-state index contributed by atoms with van der Waals surface area (Å²) in [6, 6.07) is 6.54. The van der Waals surface area contributed by atoms with E-state index in [1.54, 1.807) is 0 Å². The minimum atomic E-state index is 0.429. The molecule has 2 aliphatic rings. The van der Waals surface area contributed by atoms with Crippen LogP contribution in [0.5, 0.6) is 0 Å². The van der Waals surface area contributed by atoms with E-state index < -0.39 is 0 Å². The van der Waals surface area contributed by atoms with Crippen LogP contribution in [0.25, 0.3) is 0 Å². The van der Waals surface area contributed by atoms with Crippen molar-refractivity contribution in [2.45, 2.75) is 38.1 Å². The lowest BCUT2D eigenvalue weighted by Crippen LogP contribution is -2.47. The maximum Gasteiger partial charge on any atom is 0.0640 e. The van der Waals surface area contributed by atoms with Gasteiger partial charge in [0.05, 0.1) is 10.0 Å². The van der Waals surface area contributed by atoms with Gasteiger partial charge in [0.1, 0.15) is 0 Å². The molecule has 0 aromatic heterocycles. The second kappa shape index (κ2) is 7.32. The number of rotatable bonds is 3. The van der Waals surface area contributed by atoms with E-state index in [2.05, 4.69) is 16.3 Å². The van der Waals surface area contributed by atoms with Crippen molar-refractivity contribution in [1.82, 2.24) is 10.2 Å². The Morgan fingerprint density at radius 1 is 1.05 bits per heavy atom. The highest BCUT2D eigenvalue weighted by molar-refractivity contribution is 6.42. The summed E-state index contributed by atoms with van der Waals surface area (Å²) < 4.78 is 0. The summed E-state index contributed by atoms with van der Waals surface area (Å²) in [5, 5.41) is 4.89. The Bertz CT molecular complexity index is 448. The fraction of sp³-hybridized carbons (Fsp3) is 0.647. The number of hydrogen-bond donors (Lipinski definition) is 1. The first kappa shape index (κ1) is 15.6. The van der Waals surface area contributed by atoms with Crippen LogP contribution in [0.1, 0.15) is 43.7 Å². The summed E-state index contributed by atoms with van der Waals surface area (Å²) in [5.74, 6) is 0.716. The zero-order valence-corrected chi connectivity index (χ0v) is 14.0. The predicted molar refractivity (Wildman–Crippen MR) is 90.2 cm³/mol. The zero-order chi connectivity index (χ0) is 14.7. The van der Waals surface area contributed by atoms with Gasteiger partial charge in [0.25, 0.3) is 0 Å². The molecule has 0 bridgehead atoms. The van der Waals surface area contributed by atoms with E-state index in [0.717, 1.165) is 31.2 Å². The van der Waals surface area contributed by atoms with Gasteiger partial charge in [0.2, 0.25) is 0 Å². The van der Waals surface area contributed by atoms with Crippen molar-refractivity contribution in [3.05, 3.63) is 33.8 Å². The standard InChI is InChI=1S/C17H24Cl2N2/c18-15-8-4-7-14(16(15)19)17(13-5-2-1-3-6-13)21-11-9-20-10-12-21/h4,7-8,13,17,20H,1-3,5-6,9-12H2/t17-/m1/s1. The van der Waals surface area contributed by atoms with Crippen LogP contribution >= 0.6 is 23.2 Å². The lowest BCUT2D eigenvalue weighted by atomic mass is 9.80. The van der Waals surface area contributed by atoms with E-state index in [4.69, 9.17) is 23.2 Å². The fourth-order valence-corrected chi connectivity index (χ4v) is 4.33. The van der Waals surface area contributed by atoms with Crippen molar-refractivity contribution in [2.24, 2.45) is 5.92 Å². The molecule has 0 spiro atoms. The normalized spacial score (nSPS) is 23.1. The smallest absolute Gasteiger partial charge is 0.0640 e. The third kappa shape index (κ3) is 3.56. The van der Waals surface area contributed by atoms with Crippen LogP contribution in [0.3, 0.4) is 0 Å². The third-order valence-electron chi connectivity index (χ3n) is 4.94. The second-order valence-electron chi connectivity index (χ2n) is 6.27. The summed E-state index contributed by atoms with van der Waals surface area (Å²) in [7, 11) is 0. The average molecular weight is 327 g/mol. The van der Waals surface area contributed by atoms with Crippen LogP contribution in [0.4, 0.5) is 0 Å². The number of hydrogen-bond acceptors (Lipinski definition) is 2. The largest absolute Gasteiger partial charge is 0.314 e. The maximum absolute atomic E-state index is 6.55. The van der Waals surface area contributed by atoms with E-state index in [1.807, 2.05) is 12.1 Å². The molecule has 4 heteroatoms. The lowest BCUT2D eigenvalue weighted by Gasteiger charge is -2.41. The molecule has 0 amide bonds. The Kier molecular flexibility index (Phi) is 5.44. The Morgan fingerprint density at radius 2 is 1.76 bits per heavy atom. The molecule has 0 unspecified atom stereocenters. The first-order valence-corrected chi connectivity index (χ1v) is 8.91. The second-order valence-corrected chi connectivity index (χ2v) is 7.06. The van der Waals surface area contributed by atoms with Gasteiger partial charge >= 0.3 is 0 Å². The summed E-state index contributed by atoms with van der Waals surface area (Å²) in [6.07, 6.45) is 6.72. The molecule has 1 heterocycles. The molecule has 1 aromatic rings. The van der Waals surface area contributed by atoms with Gasteiger partial charge in [-0.05, 0) is 30.4 Å². The van der Waals surface area contributed by atoms with Crippen molar-refractivity contribution < 1.29 is 0 Å². The van der Waals surface area contributed by atoms with Gasteiger partial charge in [0.15, 0.2) is 0 Å². The molecule has 2 nitrogen and oxygen atoms in total. The van der Waals surface area contributed by atoms with Crippen molar-refractivity contribution in [2.75, 3.05) is 26.2 Å². The van der Waals surface area contributed by atoms with E-state index >= 15 is 0 Å². The first-order chi connectivity index (χ1) is 10.3. The van der Waals surface area contributed by atoms with Gasteiger partial charge in [-0.2, -0.15) is 0 Å². The molecule has 1 atom stereocenters. The van der Waals surface area contributed by atoms with Gasteiger partial charge < -0.3 is 5.32 Å². The molecule has 0 radical (unpaired) electrons. The molecule has 1 aliphatic heterocycles. The number of halogens is 2. The van der Waals surface area contributed by atoms with Crippen molar-refractivity contribution in [3.8, 4) is 0 Å². The molecule has 21 heavy (non-hydrogen) atoms. The molecule has 2 fully saturated rings. The van der Waals surface area contributed by atoms with E-state index in [9.17, 15) is 0 Å². The molecular weight excluding hydrogens is 303 g/mol. The Balaban J connectivity index is 1.91. The number of piperazine rings is 1. The fourth-order valence-electron chi connectivity index (χ4n) is 3.91. The van der Waals surface area contributed by atoms with Gasteiger partial charge in [-0.1, -0.05) is 54.6 Å². The highest BCUT2D eigenvalue weighted by Gasteiger charge is 2.32. The third-order valence-corrected chi connectivity index (χ3v) is 5.77. The molecule has 116 valence electrons. The van der Waals surface area contributed by atoms with Crippen LogP contribution in [0, 0.1) is 5.92 Å². The lowest BCUT2D eigenvalue weighted by molar-refractivity contribution is 0.103. The molecular formula is C17H24Cl2N2. The Hall–Kier alpha value is -0.280. The molecule has 1 N–H and O–H groups in total.